The van der Waals surface area contributed by atoms with Crippen LogP contribution in [-0.4, -0.2) is 40.8 Å². The molecule has 0 unspecified atom stereocenters. The Morgan fingerprint density at radius 1 is 1.42 bits per heavy atom. The molecule has 1 aromatic rings. The van der Waals surface area contributed by atoms with Crippen molar-refractivity contribution in [1.82, 2.24) is 4.90 Å². The van der Waals surface area contributed by atoms with Gasteiger partial charge in [-0.1, -0.05) is 11.6 Å². The van der Waals surface area contributed by atoms with E-state index in [-0.39, 0.29) is 28.4 Å². The second kappa shape index (κ2) is 7.59. The lowest BCUT2D eigenvalue weighted by atomic mass is 9.95. The summed E-state index contributed by atoms with van der Waals surface area (Å²) in [5, 5.41) is 13.5. The molecule has 0 saturated carbocycles. The zero-order valence-electron chi connectivity index (χ0n) is 13.2. The molecule has 3 N–H and O–H groups in total. The van der Waals surface area contributed by atoms with Crippen molar-refractivity contribution in [3.63, 3.8) is 0 Å². The molecular formula is C15H19ClN4O4. The van der Waals surface area contributed by atoms with E-state index in [0.717, 1.165) is 0 Å². The zero-order chi connectivity index (χ0) is 17.9. The van der Waals surface area contributed by atoms with Gasteiger partial charge in [0, 0.05) is 18.1 Å². The molecule has 2 rings (SSSR count). The molecule has 8 nitrogen and oxygen atoms in total. The van der Waals surface area contributed by atoms with Gasteiger partial charge in [0.2, 0.25) is 11.8 Å². The number of nitrogens with two attached hydrogens (primary N) is 1. The zero-order valence-corrected chi connectivity index (χ0v) is 14.0. The summed E-state index contributed by atoms with van der Waals surface area (Å²) < 4.78 is 0. The Hall–Kier alpha value is -2.19. The number of amides is 2. The van der Waals surface area contributed by atoms with E-state index in [0.29, 0.717) is 31.6 Å². The fourth-order valence-electron chi connectivity index (χ4n) is 2.69. The molecule has 1 aromatic carbocycles. The minimum Gasteiger partial charge on any atom is -0.369 e. The third-order valence-electron chi connectivity index (χ3n) is 4.28. The van der Waals surface area contributed by atoms with Crippen LogP contribution in [0.3, 0.4) is 0 Å². The van der Waals surface area contributed by atoms with Crippen LogP contribution in [0.2, 0.25) is 5.02 Å². The number of benzene rings is 1. The molecule has 0 radical (unpaired) electrons. The first kappa shape index (κ1) is 18.2. The third-order valence-corrected chi connectivity index (χ3v) is 4.59. The standard InChI is InChI=1S/C15H19ClN4O4/c1-9(19-6-4-10(5-7-19)14(17)21)15(22)18-13-3-2-11(20(23)24)8-12(13)16/h2-3,8-10H,4-7H2,1H3,(H2,17,21)(H,18,22)/t9-/m1/s1. The fraction of sp³-hybridized carbons (Fsp3) is 0.467. The summed E-state index contributed by atoms with van der Waals surface area (Å²) >= 11 is 5.98. The number of nitrogens with zero attached hydrogens (tertiary/aromatic N) is 2. The Labute approximate surface area is 144 Å². The van der Waals surface area contributed by atoms with Gasteiger partial charge in [0.15, 0.2) is 0 Å². The van der Waals surface area contributed by atoms with Gasteiger partial charge in [0.25, 0.3) is 5.69 Å². The number of likely N-dealkylation sites (tertiary alicyclic amines) is 1. The predicted molar refractivity (Wildman–Crippen MR) is 89.7 cm³/mol. The molecule has 0 aromatic heterocycles. The highest BCUT2D eigenvalue weighted by Crippen LogP contribution is 2.27. The molecule has 1 saturated heterocycles. The van der Waals surface area contributed by atoms with Crippen LogP contribution in [0.1, 0.15) is 19.8 Å². The van der Waals surface area contributed by atoms with Crippen molar-refractivity contribution in [1.29, 1.82) is 0 Å². The van der Waals surface area contributed by atoms with Gasteiger partial charge in [-0.05, 0) is 38.9 Å². The van der Waals surface area contributed by atoms with Crippen LogP contribution in [0.5, 0.6) is 0 Å². The number of carbonyl (C=O) groups excluding carboxylic acids is 2. The van der Waals surface area contributed by atoms with Gasteiger partial charge in [-0.15, -0.1) is 0 Å². The molecule has 24 heavy (non-hydrogen) atoms. The number of hydrogen-bond acceptors (Lipinski definition) is 5. The maximum Gasteiger partial charge on any atom is 0.271 e. The van der Waals surface area contributed by atoms with Crippen LogP contribution < -0.4 is 11.1 Å². The van der Waals surface area contributed by atoms with Gasteiger partial charge in [-0.3, -0.25) is 24.6 Å². The van der Waals surface area contributed by atoms with Crippen LogP contribution in [0.15, 0.2) is 18.2 Å². The number of hydrogen-bond donors (Lipinski definition) is 2. The first-order chi connectivity index (χ1) is 11.3. The van der Waals surface area contributed by atoms with Crippen molar-refractivity contribution in [2.24, 2.45) is 11.7 Å². The Morgan fingerprint density at radius 2 is 2.04 bits per heavy atom. The second-order valence-corrected chi connectivity index (χ2v) is 6.21. The average molecular weight is 355 g/mol. The smallest absolute Gasteiger partial charge is 0.271 e. The summed E-state index contributed by atoms with van der Waals surface area (Å²) in [5.41, 5.74) is 5.49. The number of piperidine rings is 1. The maximum absolute atomic E-state index is 12.4. The molecule has 1 aliphatic heterocycles. The van der Waals surface area contributed by atoms with Crippen LogP contribution in [0.4, 0.5) is 11.4 Å². The van der Waals surface area contributed by atoms with Gasteiger partial charge in [0.1, 0.15) is 0 Å². The highest BCUT2D eigenvalue weighted by molar-refractivity contribution is 6.34. The molecule has 130 valence electrons. The lowest BCUT2D eigenvalue weighted by Crippen LogP contribution is -2.47. The number of nitrogens with one attached hydrogen (secondary N) is 1. The number of rotatable bonds is 5. The van der Waals surface area contributed by atoms with Crippen LogP contribution in [0.25, 0.3) is 0 Å². The minimum absolute atomic E-state index is 0.109. The number of nitro groups is 1. The lowest BCUT2D eigenvalue weighted by molar-refractivity contribution is -0.384. The topological polar surface area (TPSA) is 119 Å². The van der Waals surface area contributed by atoms with E-state index in [1.165, 1.54) is 18.2 Å². The van der Waals surface area contributed by atoms with Crippen LogP contribution in [0, 0.1) is 16.0 Å². The van der Waals surface area contributed by atoms with Crippen LogP contribution in [-0.2, 0) is 9.59 Å². The van der Waals surface area contributed by atoms with Crippen molar-refractivity contribution in [2.45, 2.75) is 25.8 Å². The maximum atomic E-state index is 12.4. The van der Waals surface area contributed by atoms with Crippen molar-refractivity contribution < 1.29 is 14.5 Å². The highest BCUT2D eigenvalue weighted by atomic mass is 35.5. The van der Waals surface area contributed by atoms with Crippen molar-refractivity contribution in [3.05, 3.63) is 33.3 Å². The van der Waals surface area contributed by atoms with E-state index in [2.05, 4.69) is 5.32 Å². The van der Waals surface area contributed by atoms with Crippen molar-refractivity contribution in [3.8, 4) is 0 Å². The van der Waals surface area contributed by atoms with Gasteiger partial charge in [0.05, 0.1) is 21.7 Å². The predicted octanol–water partition coefficient (Wildman–Crippen LogP) is 1.77. The summed E-state index contributed by atoms with van der Waals surface area (Å²) in [6.07, 6.45) is 1.26. The molecular weight excluding hydrogens is 336 g/mol. The van der Waals surface area contributed by atoms with Crippen molar-refractivity contribution in [2.75, 3.05) is 18.4 Å². The molecule has 1 atom stereocenters. The molecule has 1 fully saturated rings. The second-order valence-electron chi connectivity index (χ2n) is 5.80. The van der Waals surface area contributed by atoms with Crippen molar-refractivity contribution >= 4 is 34.8 Å². The number of non-ortho nitro benzene ring substituents is 1. The number of primary amides is 1. The van der Waals surface area contributed by atoms with E-state index in [4.69, 9.17) is 17.3 Å². The summed E-state index contributed by atoms with van der Waals surface area (Å²) in [6, 6.07) is 3.47. The monoisotopic (exact) mass is 354 g/mol. The van der Waals surface area contributed by atoms with Gasteiger partial charge in [-0.2, -0.15) is 0 Å². The molecule has 9 heteroatoms. The van der Waals surface area contributed by atoms with Gasteiger partial charge >= 0.3 is 0 Å². The normalized spacial score (nSPS) is 17.2. The van der Waals surface area contributed by atoms with Gasteiger partial charge in [-0.25, -0.2) is 0 Å². The van der Waals surface area contributed by atoms with E-state index in [9.17, 15) is 19.7 Å². The molecule has 0 aliphatic carbocycles. The minimum atomic E-state index is -0.553. The average Bonchev–Trinajstić information content (AvgIpc) is 2.55. The SMILES string of the molecule is C[C@H](C(=O)Nc1ccc([N+](=O)[O-])cc1Cl)N1CCC(C(N)=O)CC1. The fourth-order valence-corrected chi connectivity index (χ4v) is 2.92. The Balaban J connectivity index is 1.97. The molecule has 2 amide bonds. The largest absolute Gasteiger partial charge is 0.369 e. The number of halogens is 1. The molecule has 1 aliphatic rings. The quantitative estimate of drug-likeness (QED) is 0.617. The Bertz CT molecular complexity index is 659. The van der Waals surface area contributed by atoms with Crippen LogP contribution >= 0.6 is 11.6 Å². The van der Waals surface area contributed by atoms with E-state index in [1.54, 1.807) is 6.92 Å². The summed E-state index contributed by atoms with van der Waals surface area (Å²) in [7, 11) is 0. The number of nitro benzene ring substituents is 1. The molecule has 1 heterocycles. The first-order valence-electron chi connectivity index (χ1n) is 7.57. The summed E-state index contributed by atoms with van der Waals surface area (Å²) in [6.45, 7) is 2.98. The number of anilines is 1. The van der Waals surface area contributed by atoms with E-state index in [1.807, 2.05) is 4.90 Å². The van der Waals surface area contributed by atoms with E-state index < -0.39 is 11.0 Å². The van der Waals surface area contributed by atoms with E-state index >= 15 is 0 Å². The summed E-state index contributed by atoms with van der Waals surface area (Å²) in [5.74, 6) is -0.701. The molecule has 0 spiro atoms. The Kier molecular flexibility index (Phi) is 5.74. The van der Waals surface area contributed by atoms with Gasteiger partial charge < -0.3 is 11.1 Å². The third kappa shape index (κ3) is 4.21. The highest BCUT2D eigenvalue weighted by Gasteiger charge is 2.29. The summed E-state index contributed by atoms with van der Waals surface area (Å²) in [4.78, 5) is 35.7. The number of carbonyl (C=O) groups is 2. The molecule has 0 bridgehead atoms. The Morgan fingerprint density at radius 3 is 2.54 bits per heavy atom. The first-order valence-corrected chi connectivity index (χ1v) is 7.95. The lowest BCUT2D eigenvalue weighted by Gasteiger charge is -2.34.